The van der Waals surface area contributed by atoms with Crippen LogP contribution in [-0.4, -0.2) is 16.0 Å². The summed E-state index contributed by atoms with van der Waals surface area (Å²) in [6.07, 6.45) is 9.78. The lowest BCUT2D eigenvalue weighted by Gasteiger charge is -2.33. The number of anilines is 5. The molecule has 3 aliphatic rings. The van der Waals surface area contributed by atoms with E-state index < -0.39 is 0 Å². The lowest BCUT2D eigenvalue weighted by atomic mass is 9.81. The maximum absolute atomic E-state index is 5.88. The van der Waals surface area contributed by atoms with Gasteiger partial charge in [0.05, 0.1) is 28.5 Å². The van der Waals surface area contributed by atoms with Crippen molar-refractivity contribution < 1.29 is 0 Å². The van der Waals surface area contributed by atoms with E-state index in [-0.39, 0.29) is 16.9 Å². The second-order valence-electron chi connectivity index (χ2n) is 22.1. The first-order valence-electron chi connectivity index (χ1n) is 27.3. The average Bonchev–Trinajstić information content (AvgIpc) is 3.98. The molecule has 0 N–H and O–H groups in total. The van der Waals surface area contributed by atoms with Gasteiger partial charge in [-0.05, 0) is 135 Å². The smallest absolute Gasteiger partial charge is 0.0979 e. The predicted molar refractivity (Wildman–Crippen MR) is 326 cm³/mol. The highest BCUT2D eigenvalue weighted by Gasteiger charge is 2.37. The van der Waals surface area contributed by atoms with E-state index in [9.17, 15) is 0 Å². The highest BCUT2D eigenvalue weighted by atomic mass is 15.2. The highest BCUT2D eigenvalue weighted by molar-refractivity contribution is 6.04. The van der Waals surface area contributed by atoms with Gasteiger partial charge >= 0.3 is 0 Å². The molecular formula is C74H58N4. The molecule has 1 aromatic heterocycles. The molecule has 10 aromatic carbocycles. The molecule has 4 nitrogen and oxygen atoms in total. The number of benzene rings is 10. The first kappa shape index (κ1) is 47.1. The number of rotatable bonds is 10. The van der Waals surface area contributed by atoms with Crippen LogP contribution in [0.5, 0.6) is 0 Å². The molecule has 0 bridgehead atoms. The zero-order valence-electron chi connectivity index (χ0n) is 44.4. The maximum Gasteiger partial charge on any atom is 0.0979 e. The predicted octanol–water partition coefficient (Wildman–Crippen LogP) is 19.4. The first-order chi connectivity index (χ1) is 38.2. The summed E-state index contributed by atoms with van der Waals surface area (Å²) in [5, 5.41) is 0. The van der Waals surface area contributed by atoms with E-state index in [0.29, 0.717) is 0 Å². The Labute approximate surface area is 458 Å². The number of nitrogens with zero attached hydrogens (tertiary/aromatic N) is 4. The van der Waals surface area contributed by atoms with Gasteiger partial charge in [0.15, 0.2) is 0 Å². The molecule has 0 amide bonds. The second kappa shape index (κ2) is 18.7. The van der Waals surface area contributed by atoms with Crippen LogP contribution in [0.15, 0.2) is 261 Å². The Hall–Kier alpha value is -9.38. The largest absolute Gasteiger partial charge is 0.334 e. The van der Waals surface area contributed by atoms with E-state index in [2.05, 4.69) is 298 Å². The van der Waals surface area contributed by atoms with E-state index in [1.165, 1.54) is 50.2 Å². The van der Waals surface area contributed by atoms with Gasteiger partial charge in [0, 0.05) is 61.5 Å². The summed E-state index contributed by atoms with van der Waals surface area (Å²) in [4.78, 5) is 16.5. The molecule has 0 spiro atoms. The fourth-order valence-electron chi connectivity index (χ4n) is 12.8. The van der Waals surface area contributed by atoms with Crippen LogP contribution in [-0.2, 0) is 10.8 Å². The summed E-state index contributed by atoms with van der Waals surface area (Å²) in [5.74, 6) is 0. The second-order valence-corrected chi connectivity index (χ2v) is 22.1. The van der Waals surface area contributed by atoms with Crippen molar-refractivity contribution in [3.8, 4) is 67.0 Å². The molecule has 1 atom stereocenters. The molecule has 1 unspecified atom stereocenters. The zero-order valence-corrected chi connectivity index (χ0v) is 44.4. The van der Waals surface area contributed by atoms with Crippen molar-refractivity contribution in [3.63, 3.8) is 0 Å². The Kier molecular flexibility index (Phi) is 11.3. The minimum absolute atomic E-state index is 0.153. The van der Waals surface area contributed by atoms with Crippen molar-refractivity contribution in [2.75, 3.05) is 9.80 Å². The molecule has 3 aliphatic carbocycles. The minimum Gasteiger partial charge on any atom is -0.334 e. The van der Waals surface area contributed by atoms with Crippen molar-refractivity contribution >= 4 is 39.5 Å². The van der Waals surface area contributed by atoms with Gasteiger partial charge in [-0.25, -0.2) is 9.97 Å². The topological polar surface area (TPSA) is 32.3 Å². The van der Waals surface area contributed by atoms with Gasteiger partial charge < -0.3 is 9.80 Å². The first-order valence-corrected chi connectivity index (χ1v) is 27.3. The molecule has 0 saturated heterocycles. The van der Waals surface area contributed by atoms with Crippen molar-refractivity contribution in [3.05, 3.63) is 283 Å². The van der Waals surface area contributed by atoms with Crippen LogP contribution < -0.4 is 9.80 Å². The number of para-hydroxylation sites is 2. The number of fused-ring (bicyclic) bond motifs is 7. The Morgan fingerprint density at radius 3 is 1.24 bits per heavy atom. The minimum atomic E-state index is -0.159. The van der Waals surface area contributed by atoms with Gasteiger partial charge in [-0.15, -0.1) is 0 Å². The van der Waals surface area contributed by atoms with Crippen LogP contribution in [0.2, 0.25) is 0 Å². The number of aromatic nitrogens is 2. The van der Waals surface area contributed by atoms with Crippen molar-refractivity contribution in [1.82, 2.24) is 9.97 Å². The molecule has 0 fully saturated rings. The summed E-state index contributed by atoms with van der Waals surface area (Å²) in [7, 11) is 0. The quantitative estimate of drug-likeness (QED) is 0.137. The molecule has 4 heteroatoms. The normalized spacial score (nSPS) is 15.1. The van der Waals surface area contributed by atoms with Crippen LogP contribution in [0.4, 0.5) is 28.4 Å². The number of allylic oxidation sites excluding steroid dienone is 2. The molecule has 1 heterocycles. The third kappa shape index (κ3) is 7.81. The fourth-order valence-corrected chi connectivity index (χ4v) is 12.8. The monoisotopic (exact) mass is 1000 g/mol. The van der Waals surface area contributed by atoms with Crippen LogP contribution in [0.25, 0.3) is 78.1 Å². The SMILES string of the molecule is CC1(C)c2ccccc2-c2ccc(-c3ccc(-c4ccc5c(c4)C(C)(C)c4ccccc4-5)c4nc(-c5ccc(N(c6ccccc6)c6ccc(N(c7ccccc7)C7C=CC=CC7)cc6)cc5)c(-c5ccccc5)nc34)cc21. The van der Waals surface area contributed by atoms with E-state index in [0.717, 1.165) is 85.0 Å². The molecule has 0 radical (unpaired) electrons. The average molecular weight is 1000 g/mol. The van der Waals surface area contributed by atoms with E-state index >= 15 is 0 Å². The van der Waals surface area contributed by atoms with Crippen LogP contribution in [0.1, 0.15) is 56.4 Å². The maximum atomic E-state index is 5.88. The molecule has 0 saturated carbocycles. The zero-order chi connectivity index (χ0) is 52.5. The summed E-state index contributed by atoms with van der Waals surface area (Å²) in [6, 6.07) is 86.4. The van der Waals surface area contributed by atoms with Crippen LogP contribution in [0.3, 0.4) is 0 Å². The Morgan fingerprint density at radius 2 is 0.731 bits per heavy atom. The van der Waals surface area contributed by atoms with Crippen molar-refractivity contribution in [2.45, 2.75) is 51.0 Å². The molecule has 14 rings (SSSR count). The van der Waals surface area contributed by atoms with Gasteiger partial charge in [-0.3, -0.25) is 0 Å². The van der Waals surface area contributed by atoms with Gasteiger partial charge in [-0.1, -0.05) is 216 Å². The molecular weight excluding hydrogens is 945 g/mol. The van der Waals surface area contributed by atoms with Gasteiger partial charge in [0.25, 0.3) is 0 Å². The van der Waals surface area contributed by atoms with E-state index in [4.69, 9.17) is 9.97 Å². The van der Waals surface area contributed by atoms with Gasteiger partial charge in [-0.2, -0.15) is 0 Å². The lowest BCUT2D eigenvalue weighted by Crippen LogP contribution is -2.29. The van der Waals surface area contributed by atoms with E-state index in [1.54, 1.807) is 0 Å². The third-order valence-electron chi connectivity index (χ3n) is 16.8. The summed E-state index contributed by atoms with van der Waals surface area (Å²) in [5.41, 5.74) is 25.6. The van der Waals surface area contributed by atoms with Gasteiger partial charge in [0.1, 0.15) is 0 Å². The number of hydrogen-bond donors (Lipinski definition) is 0. The van der Waals surface area contributed by atoms with Crippen LogP contribution in [0, 0.1) is 0 Å². The fraction of sp³-hybridized carbons (Fsp3) is 0.108. The Balaban J connectivity index is 0.922. The Bertz CT molecular complexity index is 4150. The molecule has 78 heavy (non-hydrogen) atoms. The van der Waals surface area contributed by atoms with Crippen molar-refractivity contribution in [1.29, 1.82) is 0 Å². The summed E-state index contributed by atoms with van der Waals surface area (Å²) < 4.78 is 0. The van der Waals surface area contributed by atoms with Gasteiger partial charge in [0.2, 0.25) is 0 Å². The standard InChI is InChI=1S/C74H58N4/c1-73(2)65-31-19-17-29-61(65)63-43-35-51(47-67(63)73)59-45-46-60(52-36-44-64-62-30-18-20-32-66(62)74(3,4)68(64)48-52)72-71(59)75-69(49-21-9-5-10-22-49)70(76-72)50-33-37-56(38-34-50)78(55-27-15-8-16-28-55)58-41-39-57(40-42-58)77(53-23-11-6-12-24-53)54-25-13-7-14-26-54/h5-25,27-48,54H,26H2,1-4H3. The van der Waals surface area contributed by atoms with Crippen LogP contribution >= 0.6 is 0 Å². The number of hydrogen-bond acceptors (Lipinski definition) is 4. The molecule has 374 valence electrons. The third-order valence-corrected chi connectivity index (χ3v) is 16.8. The van der Waals surface area contributed by atoms with Crippen molar-refractivity contribution in [2.24, 2.45) is 0 Å². The van der Waals surface area contributed by atoms with E-state index in [1.807, 2.05) is 0 Å². The highest BCUT2D eigenvalue weighted by Crippen LogP contribution is 2.52. The molecule has 0 aliphatic heterocycles. The lowest BCUT2D eigenvalue weighted by molar-refractivity contribution is 0.660. The summed E-state index contributed by atoms with van der Waals surface area (Å²) in [6.45, 7) is 9.41. The molecule has 11 aromatic rings. The summed E-state index contributed by atoms with van der Waals surface area (Å²) >= 11 is 0. The Morgan fingerprint density at radius 1 is 0.346 bits per heavy atom.